The highest BCUT2D eigenvalue weighted by Gasteiger charge is 2.28. The molecule has 3 N–H and O–H groups in total. The molecular weight excluding hydrogens is 422 g/mol. The van der Waals surface area contributed by atoms with Crippen LogP contribution in [0.3, 0.4) is 0 Å². The Hall–Kier alpha value is -2.36. The van der Waals surface area contributed by atoms with Crippen molar-refractivity contribution in [3.8, 4) is 0 Å². The number of aromatic nitrogens is 4. The van der Waals surface area contributed by atoms with E-state index in [1.54, 1.807) is 6.20 Å². The van der Waals surface area contributed by atoms with Crippen LogP contribution in [0.4, 0.5) is 16.9 Å². The van der Waals surface area contributed by atoms with Crippen molar-refractivity contribution in [3.05, 3.63) is 30.1 Å². The van der Waals surface area contributed by atoms with E-state index < -0.39 is 0 Å². The zero-order valence-corrected chi connectivity index (χ0v) is 19.5. The van der Waals surface area contributed by atoms with Crippen molar-refractivity contribution in [1.82, 2.24) is 24.8 Å². The standard InChI is InChI=1S/C23H31N7OS/c1-14-5-6-15(2)30(14)13-17-12-20(29-23-27-19-4-3-11-24-21(19)32-23)28-22(26-17)25-16-7-9-18(31)10-8-16/h3-4,11-12,14-16,18,31H,5-10,13H2,1-2H3,(H2,25,26,27,28,29). The lowest BCUT2D eigenvalue weighted by molar-refractivity contribution is 0.126. The van der Waals surface area contributed by atoms with Crippen LogP contribution in [-0.4, -0.2) is 54.2 Å². The fourth-order valence-electron chi connectivity index (χ4n) is 4.79. The molecule has 0 bridgehead atoms. The molecule has 4 heterocycles. The molecule has 2 aliphatic rings. The monoisotopic (exact) mass is 453 g/mol. The minimum atomic E-state index is -0.177. The first-order valence-electron chi connectivity index (χ1n) is 11.6. The van der Waals surface area contributed by atoms with Gasteiger partial charge in [-0.2, -0.15) is 4.98 Å². The number of rotatable bonds is 6. The van der Waals surface area contributed by atoms with Crippen molar-refractivity contribution in [2.24, 2.45) is 0 Å². The zero-order valence-electron chi connectivity index (χ0n) is 18.7. The smallest absolute Gasteiger partial charge is 0.225 e. The number of nitrogens with zero attached hydrogens (tertiary/aromatic N) is 5. The Morgan fingerprint density at radius 1 is 1.06 bits per heavy atom. The number of aliphatic hydroxyl groups excluding tert-OH is 1. The van der Waals surface area contributed by atoms with Crippen molar-refractivity contribution >= 4 is 38.6 Å². The summed E-state index contributed by atoms with van der Waals surface area (Å²) in [6.45, 7) is 5.40. The fourth-order valence-corrected chi connectivity index (χ4v) is 5.60. The number of likely N-dealkylation sites (tertiary alicyclic amines) is 1. The molecule has 5 rings (SSSR count). The molecule has 170 valence electrons. The predicted molar refractivity (Wildman–Crippen MR) is 128 cm³/mol. The largest absolute Gasteiger partial charge is 0.393 e. The number of hydrogen-bond donors (Lipinski definition) is 3. The first-order valence-corrected chi connectivity index (χ1v) is 12.4. The van der Waals surface area contributed by atoms with Crippen molar-refractivity contribution in [2.75, 3.05) is 10.6 Å². The molecule has 2 atom stereocenters. The molecule has 8 nitrogen and oxygen atoms in total. The second kappa shape index (κ2) is 9.25. The van der Waals surface area contributed by atoms with Gasteiger partial charge in [0.25, 0.3) is 0 Å². The molecule has 2 unspecified atom stereocenters. The number of aliphatic hydroxyl groups is 1. The molecule has 1 saturated heterocycles. The predicted octanol–water partition coefficient (Wildman–Crippen LogP) is 4.31. The molecule has 9 heteroatoms. The Bertz CT molecular complexity index is 1020. The van der Waals surface area contributed by atoms with E-state index >= 15 is 0 Å². The molecule has 1 saturated carbocycles. The van der Waals surface area contributed by atoms with Gasteiger partial charge >= 0.3 is 0 Å². The Labute approximate surface area is 192 Å². The molecule has 3 aromatic rings. The second-order valence-electron chi connectivity index (χ2n) is 9.14. The van der Waals surface area contributed by atoms with Gasteiger partial charge in [-0.15, -0.1) is 0 Å². The maximum atomic E-state index is 9.83. The van der Waals surface area contributed by atoms with E-state index in [4.69, 9.17) is 9.97 Å². The molecule has 2 fully saturated rings. The molecular formula is C23H31N7OS. The van der Waals surface area contributed by atoms with E-state index in [0.29, 0.717) is 18.0 Å². The van der Waals surface area contributed by atoms with Gasteiger partial charge in [0, 0.05) is 36.9 Å². The van der Waals surface area contributed by atoms with Gasteiger partial charge in [0.2, 0.25) is 5.95 Å². The average molecular weight is 454 g/mol. The van der Waals surface area contributed by atoms with E-state index in [1.165, 1.54) is 24.2 Å². The molecule has 0 radical (unpaired) electrons. The van der Waals surface area contributed by atoms with Gasteiger partial charge in [-0.25, -0.2) is 15.0 Å². The highest BCUT2D eigenvalue weighted by Crippen LogP contribution is 2.29. The van der Waals surface area contributed by atoms with Gasteiger partial charge in [0.05, 0.1) is 11.8 Å². The van der Waals surface area contributed by atoms with Crippen LogP contribution in [0.5, 0.6) is 0 Å². The molecule has 0 spiro atoms. The van der Waals surface area contributed by atoms with Gasteiger partial charge < -0.3 is 15.7 Å². The van der Waals surface area contributed by atoms with Crippen LogP contribution in [0.1, 0.15) is 58.1 Å². The van der Waals surface area contributed by atoms with E-state index in [0.717, 1.165) is 59.2 Å². The van der Waals surface area contributed by atoms with E-state index in [1.807, 2.05) is 18.2 Å². The summed E-state index contributed by atoms with van der Waals surface area (Å²) in [5.74, 6) is 1.39. The maximum absolute atomic E-state index is 9.83. The minimum Gasteiger partial charge on any atom is -0.393 e. The second-order valence-corrected chi connectivity index (χ2v) is 10.1. The van der Waals surface area contributed by atoms with Crippen LogP contribution in [0, 0.1) is 0 Å². The zero-order chi connectivity index (χ0) is 22.1. The van der Waals surface area contributed by atoms with Crippen LogP contribution >= 0.6 is 11.3 Å². The number of hydrogen-bond acceptors (Lipinski definition) is 9. The molecule has 1 aliphatic heterocycles. The summed E-state index contributed by atoms with van der Waals surface area (Å²) >= 11 is 1.52. The quantitative estimate of drug-likeness (QED) is 0.508. The summed E-state index contributed by atoms with van der Waals surface area (Å²) < 4.78 is 0. The third-order valence-corrected chi connectivity index (χ3v) is 7.58. The van der Waals surface area contributed by atoms with Gasteiger partial charge in [0.1, 0.15) is 16.2 Å². The number of anilines is 3. The van der Waals surface area contributed by atoms with Crippen LogP contribution in [0.25, 0.3) is 10.3 Å². The lowest BCUT2D eigenvalue weighted by Gasteiger charge is -2.27. The van der Waals surface area contributed by atoms with E-state index in [9.17, 15) is 5.11 Å². The van der Waals surface area contributed by atoms with Gasteiger partial charge in [-0.05, 0) is 64.5 Å². The highest BCUT2D eigenvalue weighted by atomic mass is 32.1. The minimum absolute atomic E-state index is 0.177. The van der Waals surface area contributed by atoms with Gasteiger partial charge in [-0.1, -0.05) is 11.3 Å². The molecule has 32 heavy (non-hydrogen) atoms. The van der Waals surface area contributed by atoms with Crippen LogP contribution in [0.2, 0.25) is 0 Å². The van der Waals surface area contributed by atoms with E-state index in [2.05, 4.69) is 39.3 Å². The van der Waals surface area contributed by atoms with Crippen molar-refractivity contribution < 1.29 is 5.11 Å². The topological polar surface area (TPSA) is 99.1 Å². The first kappa shape index (κ1) is 21.5. The third-order valence-electron chi connectivity index (χ3n) is 6.69. The summed E-state index contributed by atoms with van der Waals surface area (Å²) in [4.78, 5) is 22.1. The SMILES string of the molecule is CC1CCC(C)N1Cc1cc(Nc2nc3cccnc3s2)nc(NC2CCC(O)CC2)n1. The Morgan fingerprint density at radius 3 is 2.59 bits per heavy atom. The normalized spacial score (nSPS) is 26.5. The van der Waals surface area contributed by atoms with Crippen molar-refractivity contribution in [1.29, 1.82) is 0 Å². The molecule has 3 aromatic heterocycles. The first-order chi connectivity index (χ1) is 15.5. The number of pyridine rings is 1. The number of fused-ring (bicyclic) bond motifs is 1. The van der Waals surface area contributed by atoms with Crippen molar-refractivity contribution in [2.45, 2.75) is 83.1 Å². The third kappa shape index (κ3) is 4.84. The van der Waals surface area contributed by atoms with Crippen molar-refractivity contribution in [3.63, 3.8) is 0 Å². The summed E-state index contributed by atoms with van der Waals surface area (Å²) in [6.07, 6.45) is 7.57. The molecule has 1 aliphatic carbocycles. The molecule has 0 aromatic carbocycles. The Balaban J connectivity index is 1.40. The number of nitrogens with one attached hydrogen (secondary N) is 2. The van der Waals surface area contributed by atoms with Crippen LogP contribution in [0.15, 0.2) is 24.4 Å². The van der Waals surface area contributed by atoms with E-state index in [-0.39, 0.29) is 12.1 Å². The summed E-state index contributed by atoms with van der Waals surface area (Å²) in [5.41, 5.74) is 1.88. The van der Waals surface area contributed by atoms with Gasteiger partial charge in [-0.3, -0.25) is 4.90 Å². The fraction of sp³-hybridized carbons (Fsp3) is 0.565. The lowest BCUT2D eigenvalue weighted by atomic mass is 9.93. The lowest BCUT2D eigenvalue weighted by Crippen LogP contribution is -2.33. The number of thiazole rings is 1. The summed E-state index contributed by atoms with van der Waals surface area (Å²) in [7, 11) is 0. The van der Waals surface area contributed by atoms with Crippen LogP contribution < -0.4 is 10.6 Å². The maximum Gasteiger partial charge on any atom is 0.225 e. The highest BCUT2D eigenvalue weighted by molar-refractivity contribution is 7.21. The summed E-state index contributed by atoms with van der Waals surface area (Å²) in [5, 5.41) is 17.5. The molecule has 0 amide bonds. The average Bonchev–Trinajstić information content (AvgIpc) is 3.32. The van der Waals surface area contributed by atoms with Gasteiger partial charge in [0.15, 0.2) is 5.13 Å². The van der Waals surface area contributed by atoms with Crippen LogP contribution in [-0.2, 0) is 6.54 Å². The Kier molecular flexibility index (Phi) is 6.21. The Morgan fingerprint density at radius 2 is 1.84 bits per heavy atom. The summed E-state index contributed by atoms with van der Waals surface area (Å²) in [6, 6.07) is 7.31.